The summed E-state index contributed by atoms with van der Waals surface area (Å²) in [5.74, 6) is 2.15. The molecule has 1 aromatic heterocycles. The van der Waals surface area contributed by atoms with E-state index in [1.165, 1.54) is 22.3 Å². The fraction of sp³-hybridized carbons (Fsp3) is 0.0571. The zero-order chi connectivity index (χ0) is 50.5. The molecule has 0 bridgehead atoms. The fourth-order valence-electron chi connectivity index (χ4n) is 10.3. The third-order valence-corrected chi connectivity index (χ3v) is 14.2. The van der Waals surface area contributed by atoms with Crippen molar-refractivity contribution in [2.75, 3.05) is 7.05 Å². The van der Waals surface area contributed by atoms with Crippen molar-refractivity contribution in [3.8, 4) is 78.4 Å². The lowest BCUT2D eigenvalue weighted by molar-refractivity contribution is 0.383. The van der Waals surface area contributed by atoms with Crippen molar-refractivity contribution in [3.05, 3.63) is 289 Å². The Labute approximate surface area is 439 Å². The van der Waals surface area contributed by atoms with Crippen LogP contribution in [0.4, 0.5) is 0 Å². The van der Waals surface area contributed by atoms with Crippen LogP contribution in [0.5, 0.6) is 0 Å². The molecule has 0 fully saturated rings. The van der Waals surface area contributed by atoms with Gasteiger partial charge in [-0.05, 0) is 98.3 Å². The molecule has 0 N–H and O–H groups in total. The molecule has 1 atom stereocenters. The Bertz CT molecular complexity index is 3830. The Morgan fingerprint density at radius 1 is 0.440 bits per heavy atom. The second-order valence-electron chi connectivity index (χ2n) is 19.0. The summed E-state index contributed by atoms with van der Waals surface area (Å²) >= 11 is 0. The molecule has 0 saturated carbocycles. The SMILES string of the molecule is C=Cc1c(-c2ccc(-c3ccccc3)cc2)nc(-c2cccc(-c3cccc(C4=NC(c5cccc(-c6ccccc6)c5)N(C)C(c5ccc(-c6ccccc6)cc5)=N4)c3)c2)nc1-c1cccc(C2=CC=CCC2)c1. The van der Waals surface area contributed by atoms with Crippen LogP contribution in [0.2, 0.25) is 0 Å². The maximum absolute atomic E-state index is 5.45. The van der Waals surface area contributed by atoms with Crippen LogP contribution in [-0.2, 0) is 0 Å². The molecule has 10 aromatic rings. The van der Waals surface area contributed by atoms with E-state index in [0.717, 1.165) is 102 Å². The van der Waals surface area contributed by atoms with Crippen molar-refractivity contribution >= 4 is 23.3 Å². The lowest BCUT2D eigenvalue weighted by atomic mass is 9.93. The normalized spacial score (nSPS) is 14.2. The topological polar surface area (TPSA) is 53.7 Å². The molecule has 9 aromatic carbocycles. The number of hydrogen-bond acceptors (Lipinski definition) is 5. The molecular weight excluding hydrogens is 911 g/mol. The minimum absolute atomic E-state index is 0.331. The Morgan fingerprint density at radius 3 is 1.49 bits per heavy atom. The van der Waals surface area contributed by atoms with Gasteiger partial charge in [0.05, 0.1) is 11.4 Å². The molecule has 1 unspecified atom stereocenters. The van der Waals surface area contributed by atoms with Gasteiger partial charge >= 0.3 is 0 Å². The van der Waals surface area contributed by atoms with Gasteiger partial charge in [0.25, 0.3) is 0 Å². The average molecular weight is 964 g/mol. The number of amidine groups is 2. The smallest absolute Gasteiger partial charge is 0.160 e. The van der Waals surface area contributed by atoms with Crippen LogP contribution in [0.25, 0.3) is 90.1 Å². The van der Waals surface area contributed by atoms with Crippen LogP contribution in [-0.4, -0.2) is 33.6 Å². The first-order valence-corrected chi connectivity index (χ1v) is 25.6. The molecule has 0 radical (unpaired) electrons. The van der Waals surface area contributed by atoms with Gasteiger partial charge in [0.2, 0.25) is 0 Å². The summed E-state index contributed by atoms with van der Waals surface area (Å²) in [5.41, 5.74) is 20.0. The molecule has 0 spiro atoms. The van der Waals surface area contributed by atoms with E-state index >= 15 is 0 Å². The first-order chi connectivity index (χ1) is 37.0. The first kappa shape index (κ1) is 46.5. The van der Waals surface area contributed by atoms with Crippen molar-refractivity contribution in [2.45, 2.75) is 19.0 Å². The summed E-state index contributed by atoms with van der Waals surface area (Å²) < 4.78 is 0. The molecule has 0 amide bonds. The number of nitrogens with zero attached hydrogens (tertiary/aromatic N) is 5. The molecule has 75 heavy (non-hydrogen) atoms. The zero-order valence-electron chi connectivity index (χ0n) is 41.8. The predicted molar refractivity (Wildman–Crippen MR) is 313 cm³/mol. The summed E-state index contributed by atoms with van der Waals surface area (Å²) in [4.78, 5) is 23.8. The van der Waals surface area contributed by atoms with E-state index in [1.54, 1.807) is 0 Å². The van der Waals surface area contributed by atoms with E-state index in [4.69, 9.17) is 20.0 Å². The Kier molecular flexibility index (Phi) is 12.9. The number of aromatic nitrogens is 2. The molecule has 0 saturated heterocycles. The first-order valence-electron chi connectivity index (χ1n) is 25.6. The van der Waals surface area contributed by atoms with Crippen LogP contribution in [0.1, 0.15) is 46.8 Å². The van der Waals surface area contributed by atoms with Crippen molar-refractivity contribution in [2.24, 2.45) is 9.98 Å². The highest BCUT2D eigenvalue weighted by Gasteiger charge is 2.28. The van der Waals surface area contributed by atoms with Gasteiger partial charge in [-0.3, -0.25) is 0 Å². The highest BCUT2D eigenvalue weighted by molar-refractivity contribution is 6.13. The van der Waals surface area contributed by atoms with Crippen LogP contribution in [0, 0.1) is 0 Å². The van der Waals surface area contributed by atoms with Gasteiger partial charge in [-0.15, -0.1) is 0 Å². The second kappa shape index (κ2) is 20.9. The number of allylic oxidation sites excluding steroid dienone is 4. The van der Waals surface area contributed by atoms with Crippen LogP contribution < -0.4 is 0 Å². The largest absolute Gasteiger partial charge is 0.333 e. The molecule has 5 nitrogen and oxygen atoms in total. The minimum Gasteiger partial charge on any atom is -0.333 e. The van der Waals surface area contributed by atoms with Crippen LogP contribution >= 0.6 is 0 Å². The van der Waals surface area contributed by atoms with Crippen molar-refractivity contribution in [1.82, 2.24) is 14.9 Å². The maximum Gasteiger partial charge on any atom is 0.160 e. The van der Waals surface area contributed by atoms with E-state index in [-0.39, 0.29) is 6.17 Å². The van der Waals surface area contributed by atoms with E-state index in [2.05, 4.69) is 261 Å². The average Bonchev–Trinajstić information content (AvgIpc) is 3.50. The molecule has 1 aliphatic carbocycles. The molecule has 12 rings (SSSR count). The fourth-order valence-corrected chi connectivity index (χ4v) is 10.3. The Morgan fingerprint density at radius 2 is 0.893 bits per heavy atom. The highest BCUT2D eigenvalue weighted by atomic mass is 15.3. The molecule has 2 aliphatic rings. The van der Waals surface area contributed by atoms with Gasteiger partial charge in [0, 0.05) is 40.4 Å². The summed E-state index contributed by atoms with van der Waals surface area (Å²) in [5, 5.41) is 0. The van der Waals surface area contributed by atoms with Gasteiger partial charge in [-0.2, -0.15) is 0 Å². The standard InChI is InChI=1S/C70H53N5/c1-3-64-65(54-40-36-52(37-41-54)48-20-8-4-9-21-48)71-67(72-66(64)60-32-16-28-56(44-60)50-24-12-6-13-25-50)61-33-17-30-58(45-61)59-31-18-34-62(46-59)68-73-69(55-42-38-53(39-43-55)49-22-10-5-11-23-49)75(2)70(74-68)63-35-19-29-57(47-63)51-26-14-7-15-27-51/h3-12,14-24,26-47,70H,1,13,25H2,2H3. The minimum atomic E-state index is -0.331. The molecular formula is C70H53N5. The summed E-state index contributed by atoms with van der Waals surface area (Å²) in [6, 6.07) is 83.4. The highest BCUT2D eigenvalue weighted by Crippen LogP contribution is 2.38. The van der Waals surface area contributed by atoms with E-state index in [9.17, 15) is 0 Å². The van der Waals surface area contributed by atoms with Gasteiger partial charge in [-0.1, -0.05) is 243 Å². The number of rotatable bonds is 12. The number of aliphatic imine (C=N–C) groups is 2. The lowest BCUT2D eigenvalue weighted by Crippen LogP contribution is -2.35. The van der Waals surface area contributed by atoms with Crippen LogP contribution in [0.3, 0.4) is 0 Å². The third-order valence-electron chi connectivity index (χ3n) is 14.2. The zero-order valence-corrected chi connectivity index (χ0v) is 41.8. The van der Waals surface area contributed by atoms with Gasteiger partial charge in [-0.25, -0.2) is 20.0 Å². The molecule has 358 valence electrons. The van der Waals surface area contributed by atoms with E-state index < -0.39 is 0 Å². The third kappa shape index (κ3) is 9.75. The summed E-state index contributed by atoms with van der Waals surface area (Å²) in [6.07, 6.45) is 10.2. The molecule has 2 heterocycles. The maximum atomic E-state index is 5.45. The van der Waals surface area contributed by atoms with Gasteiger partial charge in [0.1, 0.15) is 5.84 Å². The number of hydrogen-bond donors (Lipinski definition) is 0. The molecule has 5 heteroatoms. The van der Waals surface area contributed by atoms with Crippen molar-refractivity contribution in [1.29, 1.82) is 0 Å². The second-order valence-corrected chi connectivity index (χ2v) is 19.0. The Balaban J connectivity index is 0.944. The lowest BCUT2D eigenvalue weighted by Gasteiger charge is -2.32. The monoisotopic (exact) mass is 963 g/mol. The number of benzene rings is 9. The summed E-state index contributed by atoms with van der Waals surface area (Å²) in [6.45, 7) is 4.34. The van der Waals surface area contributed by atoms with Crippen molar-refractivity contribution < 1.29 is 0 Å². The quantitative estimate of drug-likeness (QED) is 0.123. The van der Waals surface area contributed by atoms with E-state index in [0.29, 0.717) is 11.7 Å². The van der Waals surface area contributed by atoms with Gasteiger partial charge in [0.15, 0.2) is 17.8 Å². The van der Waals surface area contributed by atoms with E-state index in [1.807, 2.05) is 18.2 Å². The predicted octanol–water partition coefficient (Wildman–Crippen LogP) is 17.4. The summed E-state index contributed by atoms with van der Waals surface area (Å²) in [7, 11) is 2.09. The van der Waals surface area contributed by atoms with Gasteiger partial charge < -0.3 is 4.90 Å². The van der Waals surface area contributed by atoms with Crippen molar-refractivity contribution in [3.63, 3.8) is 0 Å². The molecule has 1 aliphatic heterocycles. The Hall–Kier alpha value is -9.58. The van der Waals surface area contributed by atoms with Crippen LogP contribution in [0.15, 0.2) is 271 Å².